The van der Waals surface area contributed by atoms with Gasteiger partial charge in [0.25, 0.3) is 5.91 Å². The van der Waals surface area contributed by atoms with Gasteiger partial charge in [-0.1, -0.05) is 24.3 Å². The van der Waals surface area contributed by atoms with E-state index >= 15 is 0 Å². The van der Waals surface area contributed by atoms with Crippen LogP contribution < -0.4 is 15.4 Å². The first-order valence-corrected chi connectivity index (χ1v) is 11.0. The summed E-state index contributed by atoms with van der Waals surface area (Å²) in [6.45, 7) is 2.00. The number of hydrogen-bond donors (Lipinski definition) is 2. The summed E-state index contributed by atoms with van der Waals surface area (Å²) in [7, 11) is 1.58. The van der Waals surface area contributed by atoms with Gasteiger partial charge >= 0.3 is 5.97 Å². The van der Waals surface area contributed by atoms with Crippen molar-refractivity contribution in [3.8, 4) is 5.75 Å². The average molecular weight is 472 g/mol. The maximum atomic E-state index is 13.1. The first-order chi connectivity index (χ1) is 17.0. The third-order valence-electron chi connectivity index (χ3n) is 5.24. The molecule has 0 atom stereocenters. The number of ether oxygens (including phenoxy) is 2. The Kier molecular flexibility index (Phi) is 7.11. The lowest BCUT2D eigenvalue weighted by Crippen LogP contribution is -2.18. The Hall–Kier alpha value is -4.59. The van der Waals surface area contributed by atoms with Gasteiger partial charge in [0.2, 0.25) is 11.7 Å². The average Bonchev–Trinajstić information content (AvgIpc) is 3.23. The first kappa shape index (κ1) is 23.6. The Labute approximate surface area is 201 Å². The highest BCUT2D eigenvalue weighted by Crippen LogP contribution is 2.31. The predicted octanol–water partition coefficient (Wildman–Crippen LogP) is 5.05. The van der Waals surface area contributed by atoms with Gasteiger partial charge in [0, 0.05) is 11.1 Å². The minimum atomic E-state index is -0.537. The standard InChI is InChI=1S/C27H24N2O6/c1-3-34-27(32)18-10-12-19(13-11-18)28-26(31)25-24(21-6-4-5-7-22(21)35-25)29-23(30)16-17-8-14-20(33-2)15-9-17/h4-15H,3,16H2,1-2H3,(H,28,31)(H,29,30). The fraction of sp³-hybridized carbons (Fsp3) is 0.148. The van der Waals surface area contributed by atoms with Crippen LogP contribution in [0.15, 0.2) is 77.2 Å². The van der Waals surface area contributed by atoms with Gasteiger partial charge < -0.3 is 24.5 Å². The number of fused-ring (bicyclic) bond motifs is 1. The molecular weight excluding hydrogens is 448 g/mol. The van der Waals surface area contributed by atoms with Crippen LogP contribution in [0.5, 0.6) is 5.75 Å². The smallest absolute Gasteiger partial charge is 0.338 e. The van der Waals surface area contributed by atoms with Gasteiger partial charge in [-0.15, -0.1) is 0 Å². The van der Waals surface area contributed by atoms with Crippen molar-refractivity contribution in [2.75, 3.05) is 24.4 Å². The van der Waals surface area contributed by atoms with Crippen molar-refractivity contribution in [3.63, 3.8) is 0 Å². The van der Waals surface area contributed by atoms with E-state index < -0.39 is 11.9 Å². The van der Waals surface area contributed by atoms with Crippen molar-refractivity contribution in [3.05, 3.63) is 89.7 Å². The summed E-state index contributed by atoms with van der Waals surface area (Å²) in [5, 5.41) is 6.18. The molecule has 0 aliphatic heterocycles. The number of benzene rings is 3. The van der Waals surface area contributed by atoms with E-state index in [1.807, 2.05) is 0 Å². The molecule has 0 fully saturated rings. The lowest BCUT2D eigenvalue weighted by atomic mass is 10.1. The highest BCUT2D eigenvalue weighted by molar-refractivity contribution is 6.14. The van der Waals surface area contributed by atoms with Crippen molar-refractivity contribution in [2.24, 2.45) is 0 Å². The van der Waals surface area contributed by atoms with Gasteiger partial charge in [0.1, 0.15) is 17.0 Å². The van der Waals surface area contributed by atoms with E-state index in [0.29, 0.717) is 33.7 Å². The molecule has 0 saturated heterocycles. The predicted molar refractivity (Wildman–Crippen MR) is 132 cm³/mol. The number of para-hydroxylation sites is 1. The van der Waals surface area contributed by atoms with Gasteiger partial charge in [-0.25, -0.2) is 4.79 Å². The number of rotatable bonds is 8. The fourth-order valence-electron chi connectivity index (χ4n) is 3.53. The molecule has 4 aromatic rings. The minimum Gasteiger partial charge on any atom is -0.497 e. The zero-order valence-electron chi connectivity index (χ0n) is 19.3. The zero-order chi connectivity index (χ0) is 24.8. The summed E-state index contributed by atoms with van der Waals surface area (Å²) >= 11 is 0. The molecule has 0 aliphatic carbocycles. The normalized spacial score (nSPS) is 10.6. The highest BCUT2D eigenvalue weighted by atomic mass is 16.5. The Morgan fingerprint density at radius 3 is 2.29 bits per heavy atom. The molecule has 0 spiro atoms. The Morgan fingerprint density at radius 2 is 1.60 bits per heavy atom. The molecule has 3 aromatic carbocycles. The van der Waals surface area contributed by atoms with Gasteiger partial charge in [0.15, 0.2) is 0 Å². The summed E-state index contributed by atoms with van der Waals surface area (Å²) in [5.41, 5.74) is 2.39. The molecule has 1 heterocycles. The second-order valence-electron chi connectivity index (χ2n) is 7.63. The van der Waals surface area contributed by atoms with Gasteiger partial charge in [0.05, 0.1) is 25.7 Å². The highest BCUT2D eigenvalue weighted by Gasteiger charge is 2.22. The van der Waals surface area contributed by atoms with E-state index in [2.05, 4.69) is 10.6 Å². The molecule has 2 amide bonds. The molecule has 0 bridgehead atoms. The zero-order valence-corrected chi connectivity index (χ0v) is 19.3. The molecule has 2 N–H and O–H groups in total. The monoisotopic (exact) mass is 472 g/mol. The number of anilines is 2. The molecule has 8 nitrogen and oxygen atoms in total. The molecule has 0 unspecified atom stereocenters. The Balaban J connectivity index is 1.54. The quantitative estimate of drug-likeness (QED) is 0.348. The van der Waals surface area contributed by atoms with E-state index in [1.54, 1.807) is 86.8 Å². The number of carbonyl (C=O) groups excluding carboxylic acids is 3. The lowest BCUT2D eigenvalue weighted by Gasteiger charge is -2.08. The third kappa shape index (κ3) is 5.50. The topological polar surface area (TPSA) is 107 Å². The number of nitrogens with one attached hydrogen (secondary N) is 2. The molecule has 0 saturated carbocycles. The summed E-state index contributed by atoms with van der Waals surface area (Å²) in [5.74, 6) is -0.600. The molecule has 4 rings (SSSR count). The van der Waals surface area contributed by atoms with E-state index in [9.17, 15) is 14.4 Å². The number of amides is 2. The minimum absolute atomic E-state index is 0.0243. The van der Waals surface area contributed by atoms with Gasteiger partial charge in [-0.3, -0.25) is 9.59 Å². The van der Waals surface area contributed by atoms with Crippen molar-refractivity contribution < 1.29 is 28.3 Å². The van der Waals surface area contributed by atoms with Crippen LogP contribution in [0.4, 0.5) is 11.4 Å². The van der Waals surface area contributed by atoms with E-state index in [0.717, 1.165) is 5.56 Å². The van der Waals surface area contributed by atoms with E-state index in [4.69, 9.17) is 13.9 Å². The number of hydrogen-bond acceptors (Lipinski definition) is 6. The SMILES string of the molecule is CCOC(=O)c1ccc(NC(=O)c2oc3ccccc3c2NC(=O)Cc2ccc(OC)cc2)cc1. The number of carbonyl (C=O) groups is 3. The molecule has 0 aliphatic rings. The fourth-order valence-corrected chi connectivity index (χ4v) is 3.53. The van der Waals surface area contributed by atoms with Crippen LogP contribution in [0.2, 0.25) is 0 Å². The number of furan rings is 1. The summed E-state index contributed by atoms with van der Waals surface area (Å²) in [4.78, 5) is 37.7. The summed E-state index contributed by atoms with van der Waals surface area (Å²) in [6.07, 6.45) is 0.111. The van der Waals surface area contributed by atoms with Crippen LogP contribution in [0, 0.1) is 0 Å². The first-order valence-electron chi connectivity index (χ1n) is 11.0. The molecule has 0 radical (unpaired) electrons. The molecule has 178 valence electrons. The van der Waals surface area contributed by atoms with Crippen LogP contribution >= 0.6 is 0 Å². The summed E-state index contributed by atoms with van der Waals surface area (Å²) < 4.78 is 15.9. The van der Waals surface area contributed by atoms with Crippen LogP contribution in [0.25, 0.3) is 11.0 Å². The Morgan fingerprint density at radius 1 is 0.886 bits per heavy atom. The third-order valence-corrected chi connectivity index (χ3v) is 5.24. The van der Waals surface area contributed by atoms with Crippen molar-refractivity contribution in [2.45, 2.75) is 13.3 Å². The molecule has 1 aromatic heterocycles. The maximum absolute atomic E-state index is 13.1. The van der Waals surface area contributed by atoms with Crippen molar-refractivity contribution >= 4 is 40.1 Å². The van der Waals surface area contributed by atoms with Crippen LogP contribution in [0.1, 0.15) is 33.4 Å². The van der Waals surface area contributed by atoms with Crippen LogP contribution in [0.3, 0.4) is 0 Å². The van der Waals surface area contributed by atoms with Crippen molar-refractivity contribution in [1.29, 1.82) is 0 Å². The number of methoxy groups -OCH3 is 1. The van der Waals surface area contributed by atoms with Gasteiger partial charge in [-0.05, 0) is 61.0 Å². The van der Waals surface area contributed by atoms with Gasteiger partial charge in [-0.2, -0.15) is 0 Å². The molecule has 35 heavy (non-hydrogen) atoms. The maximum Gasteiger partial charge on any atom is 0.338 e. The molecular formula is C27H24N2O6. The lowest BCUT2D eigenvalue weighted by molar-refractivity contribution is -0.115. The van der Waals surface area contributed by atoms with Crippen molar-refractivity contribution in [1.82, 2.24) is 0 Å². The van der Waals surface area contributed by atoms with Crippen LogP contribution in [-0.2, 0) is 16.0 Å². The Bertz CT molecular complexity index is 1360. The van der Waals surface area contributed by atoms with E-state index in [1.165, 1.54) is 0 Å². The number of esters is 1. The van der Waals surface area contributed by atoms with E-state index in [-0.39, 0.29) is 24.7 Å². The van der Waals surface area contributed by atoms with Crippen LogP contribution in [-0.4, -0.2) is 31.5 Å². The second-order valence-corrected chi connectivity index (χ2v) is 7.63. The summed E-state index contributed by atoms with van der Waals surface area (Å²) in [6, 6.07) is 20.5. The second kappa shape index (κ2) is 10.6. The largest absolute Gasteiger partial charge is 0.497 e. The molecule has 8 heteroatoms.